The van der Waals surface area contributed by atoms with E-state index in [2.05, 4.69) is 6.92 Å². The van der Waals surface area contributed by atoms with Gasteiger partial charge in [0.2, 0.25) is 0 Å². The van der Waals surface area contributed by atoms with Gasteiger partial charge in [0.1, 0.15) is 5.69 Å². The highest BCUT2D eigenvalue weighted by Crippen LogP contribution is 2.32. The number of nitro benzene ring substituents is 1. The Kier molecular flexibility index (Phi) is 7.61. The van der Waals surface area contributed by atoms with Crippen molar-refractivity contribution >= 4 is 33.1 Å². The molecule has 10 nitrogen and oxygen atoms in total. The van der Waals surface area contributed by atoms with Crippen LogP contribution in [0.3, 0.4) is 0 Å². The maximum atomic E-state index is 12.8. The van der Waals surface area contributed by atoms with Gasteiger partial charge in [0.15, 0.2) is 15.9 Å². The molecule has 2 saturated heterocycles. The van der Waals surface area contributed by atoms with Gasteiger partial charge in [-0.1, -0.05) is 6.92 Å². The van der Waals surface area contributed by atoms with E-state index < -0.39 is 38.8 Å². The Labute approximate surface area is 193 Å². The standard InChI is InChI=1S/C22H31N3O7S/c1-4-24(18-9-12-33(30,31)14-18)21(26)16(3)32-22(27)17-5-6-19(20(13-17)25(28)29)23-10-7-15(2)8-11-23/h5-6,13,15-16,18H,4,7-12,14H2,1-3H3. The number of sulfone groups is 1. The average molecular weight is 482 g/mol. The van der Waals surface area contributed by atoms with E-state index in [4.69, 9.17) is 4.74 Å². The molecule has 0 spiro atoms. The summed E-state index contributed by atoms with van der Waals surface area (Å²) in [6, 6.07) is 3.77. The summed E-state index contributed by atoms with van der Waals surface area (Å²) in [7, 11) is -3.17. The zero-order valence-corrected chi connectivity index (χ0v) is 20.0. The number of rotatable bonds is 7. The number of amides is 1. The Morgan fingerprint density at radius 2 is 1.94 bits per heavy atom. The number of esters is 1. The predicted molar refractivity (Wildman–Crippen MR) is 123 cm³/mol. The summed E-state index contributed by atoms with van der Waals surface area (Å²) in [6.07, 6.45) is 1.09. The van der Waals surface area contributed by atoms with E-state index in [1.54, 1.807) is 13.0 Å². The number of carbonyl (C=O) groups excluding carboxylic acids is 2. The number of hydrogen-bond acceptors (Lipinski definition) is 8. The molecule has 2 unspecified atom stereocenters. The van der Waals surface area contributed by atoms with Crippen molar-refractivity contribution in [1.29, 1.82) is 0 Å². The summed E-state index contributed by atoms with van der Waals surface area (Å²) in [5, 5.41) is 11.7. The number of anilines is 1. The zero-order chi connectivity index (χ0) is 24.3. The Morgan fingerprint density at radius 1 is 1.27 bits per heavy atom. The number of carbonyl (C=O) groups is 2. The second-order valence-corrected chi connectivity index (χ2v) is 11.1. The number of hydrogen-bond donors (Lipinski definition) is 0. The molecule has 2 aliphatic heterocycles. The van der Waals surface area contributed by atoms with E-state index in [0.717, 1.165) is 12.8 Å². The molecule has 33 heavy (non-hydrogen) atoms. The highest BCUT2D eigenvalue weighted by molar-refractivity contribution is 7.91. The van der Waals surface area contributed by atoms with Crippen molar-refractivity contribution in [2.75, 3.05) is 36.0 Å². The monoisotopic (exact) mass is 481 g/mol. The Bertz CT molecular complexity index is 1020. The van der Waals surface area contributed by atoms with Gasteiger partial charge in [-0.15, -0.1) is 0 Å². The van der Waals surface area contributed by atoms with Crippen molar-refractivity contribution in [3.05, 3.63) is 33.9 Å². The lowest BCUT2D eigenvalue weighted by molar-refractivity contribution is -0.384. The fourth-order valence-electron chi connectivity index (χ4n) is 4.44. The summed E-state index contributed by atoms with van der Waals surface area (Å²) >= 11 is 0. The summed E-state index contributed by atoms with van der Waals surface area (Å²) in [6.45, 7) is 7.02. The molecule has 2 atom stereocenters. The van der Waals surface area contributed by atoms with Gasteiger partial charge in [0.05, 0.1) is 22.0 Å². The van der Waals surface area contributed by atoms with Crippen LogP contribution in [0, 0.1) is 16.0 Å². The third kappa shape index (κ3) is 5.82. The second-order valence-electron chi connectivity index (χ2n) is 8.86. The minimum Gasteiger partial charge on any atom is -0.449 e. The highest BCUT2D eigenvalue weighted by Gasteiger charge is 2.36. The lowest BCUT2D eigenvalue weighted by Crippen LogP contribution is -2.46. The first-order valence-corrected chi connectivity index (χ1v) is 13.1. The molecule has 1 amide bonds. The van der Waals surface area contributed by atoms with E-state index in [1.165, 1.54) is 24.0 Å². The van der Waals surface area contributed by atoms with Crippen LogP contribution in [-0.4, -0.2) is 73.4 Å². The van der Waals surface area contributed by atoms with Crippen LogP contribution in [0.15, 0.2) is 18.2 Å². The molecule has 0 radical (unpaired) electrons. The highest BCUT2D eigenvalue weighted by atomic mass is 32.2. The van der Waals surface area contributed by atoms with Gasteiger partial charge in [-0.3, -0.25) is 14.9 Å². The maximum absolute atomic E-state index is 12.8. The lowest BCUT2D eigenvalue weighted by Gasteiger charge is -2.31. The van der Waals surface area contributed by atoms with E-state index in [0.29, 0.717) is 31.1 Å². The smallest absolute Gasteiger partial charge is 0.339 e. The van der Waals surface area contributed by atoms with Crippen molar-refractivity contribution < 1.29 is 27.7 Å². The molecule has 0 N–H and O–H groups in total. The summed E-state index contributed by atoms with van der Waals surface area (Å²) in [5.74, 6) is -0.826. The normalized spacial score (nSPS) is 21.4. The lowest BCUT2D eigenvalue weighted by atomic mass is 9.98. The van der Waals surface area contributed by atoms with Crippen LogP contribution in [0.1, 0.15) is 50.4 Å². The largest absolute Gasteiger partial charge is 0.449 e. The van der Waals surface area contributed by atoms with Crippen LogP contribution in [0.5, 0.6) is 0 Å². The Morgan fingerprint density at radius 3 is 2.48 bits per heavy atom. The molecule has 0 saturated carbocycles. The van der Waals surface area contributed by atoms with Crippen LogP contribution < -0.4 is 4.90 Å². The minimum atomic E-state index is -3.17. The topological polar surface area (TPSA) is 127 Å². The van der Waals surface area contributed by atoms with E-state index >= 15 is 0 Å². The molecular weight excluding hydrogens is 450 g/mol. The van der Waals surface area contributed by atoms with Gasteiger partial charge in [0.25, 0.3) is 11.6 Å². The van der Waals surface area contributed by atoms with Crippen molar-refractivity contribution in [2.45, 2.75) is 52.2 Å². The number of nitrogens with zero attached hydrogens (tertiary/aromatic N) is 3. The molecule has 1 aromatic rings. The molecule has 1 aromatic carbocycles. The molecule has 0 bridgehead atoms. The van der Waals surface area contributed by atoms with Crippen molar-refractivity contribution in [3.63, 3.8) is 0 Å². The zero-order valence-electron chi connectivity index (χ0n) is 19.2. The summed E-state index contributed by atoms with van der Waals surface area (Å²) in [5.41, 5.74) is 0.276. The second kappa shape index (κ2) is 10.1. The van der Waals surface area contributed by atoms with Crippen LogP contribution in [0.25, 0.3) is 0 Å². The number of likely N-dealkylation sites (N-methyl/N-ethyl adjacent to an activating group) is 1. The third-order valence-corrected chi connectivity index (χ3v) is 8.19. The average Bonchev–Trinajstić information content (AvgIpc) is 3.13. The van der Waals surface area contributed by atoms with Crippen molar-refractivity contribution in [2.24, 2.45) is 5.92 Å². The SMILES string of the molecule is CCN(C(=O)C(C)OC(=O)c1ccc(N2CCC(C)CC2)c([N+](=O)[O-])c1)C1CCS(=O)(=O)C1. The first-order chi connectivity index (χ1) is 15.5. The first kappa shape index (κ1) is 24.9. The third-order valence-electron chi connectivity index (χ3n) is 6.44. The Hall–Kier alpha value is -2.69. The molecule has 2 aliphatic rings. The quantitative estimate of drug-likeness (QED) is 0.330. The molecular formula is C22H31N3O7S. The van der Waals surface area contributed by atoms with Crippen molar-refractivity contribution in [3.8, 4) is 0 Å². The van der Waals surface area contributed by atoms with Crippen LogP contribution in [0.2, 0.25) is 0 Å². The van der Waals surface area contributed by atoms with Gasteiger partial charge < -0.3 is 14.5 Å². The molecule has 0 aromatic heterocycles. The fourth-order valence-corrected chi connectivity index (χ4v) is 6.17. The van der Waals surface area contributed by atoms with E-state index in [1.807, 2.05) is 4.90 Å². The van der Waals surface area contributed by atoms with Gasteiger partial charge >= 0.3 is 5.97 Å². The Balaban J connectivity index is 1.71. The number of benzene rings is 1. The fraction of sp³-hybridized carbons (Fsp3) is 0.636. The molecule has 2 heterocycles. The molecule has 0 aliphatic carbocycles. The van der Waals surface area contributed by atoms with Gasteiger partial charge in [-0.2, -0.15) is 0 Å². The van der Waals surface area contributed by atoms with Gasteiger partial charge in [-0.05, 0) is 51.2 Å². The van der Waals surface area contributed by atoms with E-state index in [9.17, 15) is 28.1 Å². The van der Waals surface area contributed by atoms with Gasteiger partial charge in [-0.25, -0.2) is 13.2 Å². The van der Waals surface area contributed by atoms with Crippen LogP contribution in [-0.2, 0) is 19.4 Å². The number of piperidine rings is 1. The maximum Gasteiger partial charge on any atom is 0.339 e. The molecule has 2 fully saturated rings. The molecule has 182 valence electrons. The predicted octanol–water partition coefficient (Wildman–Crippen LogP) is 2.41. The van der Waals surface area contributed by atoms with Crippen LogP contribution in [0.4, 0.5) is 11.4 Å². The molecule has 3 rings (SSSR count). The minimum absolute atomic E-state index is 0.0121. The first-order valence-electron chi connectivity index (χ1n) is 11.3. The van der Waals surface area contributed by atoms with E-state index in [-0.39, 0.29) is 29.3 Å². The summed E-state index contributed by atoms with van der Waals surface area (Å²) < 4.78 is 28.9. The van der Waals surface area contributed by atoms with Crippen molar-refractivity contribution in [1.82, 2.24) is 4.90 Å². The number of ether oxygens (including phenoxy) is 1. The summed E-state index contributed by atoms with van der Waals surface area (Å²) in [4.78, 5) is 40.1. The van der Waals surface area contributed by atoms with Crippen LogP contribution >= 0.6 is 0 Å². The molecule has 11 heteroatoms. The van der Waals surface area contributed by atoms with Gasteiger partial charge in [0, 0.05) is 31.7 Å². The number of nitro groups is 1.